The van der Waals surface area contributed by atoms with Crippen LogP contribution in [-0.2, 0) is 4.79 Å². The molecule has 2 heterocycles. The van der Waals surface area contributed by atoms with Crippen LogP contribution in [0.3, 0.4) is 0 Å². The van der Waals surface area contributed by atoms with Gasteiger partial charge in [0.25, 0.3) is 0 Å². The van der Waals surface area contributed by atoms with Crippen molar-refractivity contribution in [3.63, 3.8) is 0 Å². The lowest BCUT2D eigenvalue weighted by molar-refractivity contribution is -0.129. The summed E-state index contributed by atoms with van der Waals surface area (Å²) in [4.78, 5) is 13.5. The van der Waals surface area contributed by atoms with Crippen molar-refractivity contribution in [2.45, 2.75) is 6.04 Å². The minimum absolute atomic E-state index is 0. The minimum Gasteiger partial charge on any atom is -0.353 e. The summed E-state index contributed by atoms with van der Waals surface area (Å²) in [6, 6.07) is 0.0949. The molecule has 0 aromatic heterocycles. The second kappa shape index (κ2) is 4.07. The molecule has 12 heavy (non-hydrogen) atoms. The topological polar surface area (TPSA) is 44.4 Å². The highest BCUT2D eigenvalue weighted by molar-refractivity contribution is 5.85. The van der Waals surface area contributed by atoms with Gasteiger partial charge in [-0.1, -0.05) is 0 Å². The molecule has 0 aromatic carbocycles. The van der Waals surface area contributed by atoms with E-state index in [9.17, 15) is 4.79 Å². The molecule has 0 bridgehead atoms. The average molecular weight is 192 g/mol. The smallest absolute Gasteiger partial charge is 0.238 e. The molecule has 70 valence electrons. The largest absolute Gasteiger partial charge is 0.353 e. The first kappa shape index (κ1) is 9.77. The van der Waals surface area contributed by atoms with Gasteiger partial charge in [0.2, 0.25) is 5.91 Å². The van der Waals surface area contributed by atoms with E-state index in [-0.39, 0.29) is 24.4 Å². The molecule has 2 aliphatic rings. The highest BCUT2D eigenvalue weighted by atomic mass is 35.5. The molecule has 2 saturated heterocycles. The van der Waals surface area contributed by atoms with Crippen molar-refractivity contribution in [2.75, 3.05) is 32.7 Å². The first-order chi connectivity index (χ1) is 5.38. The van der Waals surface area contributed by atoms with Crippen molar-refractivity contribution in [1.82, 2.24) is 15.5 Å². The zero-order valence-corrected chi connectivity index (χ0v) is 7.69. The first-order valence-electron chi connectivity index (χ1n) is 4.10. The minimum atomic E-state index is 0. The van der Waals surface area contributed by atoms with Crippen LogP contribution in [0.5, 0.6) is 0 Å². The van der Waals surface area contributed by atoms with E-state index in [1.165, 1.54) is 0 Å². The van der Waals surface area contributed by atoms with Crippen LogP contribution in [0.4, 0.5) is 0 Å². The summed E-state index contributed by atoms with van der Waals surface area (Å²) in [7, 11) is 0. The number of nitrogens with one attached hydrogen (secondary N) is 2. The SMILES string of the molecule is Cl.O=C1NCCN2CCNC[C@@H]12. The average Bonchev–Trinajstić information content (AvgIpc) is 2.06. The molecular weight excluding hydrogens is 178 g/mol. The van der Waals surface area contributed by atoms with Gasteiger partial charge >= 0.3 is 0 Å². The number of amides is 1. The first-order valence-corrected chi connectivity index (χ1v) is 4.10. The van der Waals surface area contributed by atoms with Gasteiger partial charge in [0.15, 0.2) is 0 Å². The molecule has 2 N–H and O–H groups in total. The van der Waals surface area contributed by atoms with Gasteiger partial charge in [-0.15, -0.1) is 12.4 Å². The molecule has 1 amide bonds. The standard InChI is InChI=1S/C7H13N3O.ClH/c11-7-6-5-8-1-3-10(6)4-2-9-7;/h6,8H,1-5H2,(H,9,11);1H/t6-;/m0./s1. The van der Waals surface area contributed by atoms with Crippen LogP contribution in [0.25, 0.3) is 0 Å². The molecule has 0 unspecified atom stereocenters. The molecule has 0 radical (unpaired) electrons. The maximum absolute atomic E-state index is 11.2. The van der Waals surface area contributed by atoms with Gasteiger partial charge in [-0.05, 0) is 0 Å². The van der Waals surface area contributed by atoms with Crippen LogP contribution in [0.15, 0.2) is 0 Å². The normalized spacial score (nSPS) is 30.0. The van der Waals surface area contributed by atoms with E-state index in [0.717, 1.165) is 32.7 Å². The van der Waals surface area contributed by atoms with Gasteiger partial charge in [0.1, 0.15) is 6.04 Å². The zero-order chi connectivity index (χ0) is 7.68. The number of piperazine rings is 2. The molecule has 2 rings (SSSR count). The predicted molar refractivity (Wildman–Crippen MR) is 48.5 cm³/mol. The van der Waals surface area contributed by atoms with Crippen molar-refractivity contribution in [1.29, 1.82) is 0 Å². The highest BCUT2D eigenvalue weighted by Gasteiger charge is 2.30. The van der Waals surface area contributed by atoms with Gasteiger partial charge < -0.3 is 10.6 Å². The van der Waals surface area contributed by atoms with Crippen LogP contribution in [0.2, 0.25) is 0 Å². The van der Waals surface area contributed by atoms with E-state index >= 15 is 0 Å². The Morgan fingerprint density at radius 1 is 1.33 bits per heavy atom. The maximum Gasteiger partial charge on any atom is 0.238 e. The summed E-state index contributed by atoms with van der Waals surface area (Å²) >= 11 is 0. The van der Waals surface area contributed by atoms with Crippen molar-refractivity contribution in [3.05, 3.63) is 0 Å². The molecule has 4 nitrogen and oxygen atoms in total. The molecule has 1 atom stereocenters. The highest BCUT2D eigenvalue weighted by Crippen LogP contribution is 2.05. The Bertz CT molecular complexity index is 174. The third-order valence-corrected chi connectivity index (χ3v) is 2.36. The lowest BCUT2D eigenvalue weighted by Gasteiger charge is -2.38. The second-order valence-electron chi connectivity index (χ2n) is 3.05. The van der Waals surface area contributed by atoms with Gasteiger partial charge in [0, 0.05) is 32.7 Å². The predicted octanol–water partition coefficient (Wildman–Crippen LogP) is -1.19. The van der Waals surface area contributed by atoms with E-state index in [1.807, 2.05) is 0 Å². The molecule has 2 aliphatic heterocycles. The molecule has 0 spiro atoms. The Labute approximate surface area is 78.1 Å². The van der Waals surface area contributed by atoms with Crippen molar-refractivity contribution < 1.29 is 4.79 Å². The van der Waals surface area contributed by atoms with Crippen LogP contribution in [0.1, 0.15) is 0 Å². The number of nitrogens with zero attached hydrogens (tertiary/aromatic N) is 1. The molecule has 0 aromatic rings. The Morgan fingerprint density at radius 3 is 2.83 bits per heavy atom. The summed E-state index contributed by atoms with van der Waals surface area (Å²) < 4.78 is 0. The monoisotopic (exact) mass is 191 g/mol. The number of carbonyl (C=O) groups is 1. The second-order valence-corrected chi connectivity index (χ2v) is 3.05. The molecule has 0 saturated carbocycles. The Hall–Kier alpha value is -0.320. The Balaban J connectivity index is 0.000000720. The molecule has 0 aliphatic carbocycles. The van der Waals surface area contributed by atoms with E-state index in [4.69, 9.17) is 0 Å². The van der Waals surface area contributed by atoms with Gasteiger partial charge in [-0.2, -0.15) is 0 Å². The van der Waals surface area contributed by atoms with Crippen LogP contribution in [-0.4, -0.2) is 49.6 Å². The third kappa shape index (κ3) is 1.71. The lowest BCUT2D eigenvalue weighted by Crippen LogP contribution is -2.62. The number of rotatable bonds is 0. The third-order valence-electron chi connectivity index (χ3n) is 2.36. The number of fused-ring (bicyclic) bond motifs is 1. The van der Waals surface area contributed by atoms with Gasteiger partial charge in [-0.3, -0.25) is 9.69 Å². The Morgan fingerprint density at radius 2 is 2.08 bits per heavy atom. The number of hydrogen-bond acceptors (Lipinski definition) is 3. The van der Waals surface area contributed by atoms with E-state index in [2.05, 4.69) is 15.5 Å². The number of halogens is 1. The summed E-state index contributed by atoms with van der Waals surface area (Å²) in [5.41, 5.74) is 0. The van der Waals surface area contributed by atoms with Crippen LogP contribution < -0.4 is 10.6 Å². The van der Waals surface area contributed by atoms with Crippen molar-refractivity contribution in [3.8, 4) is 0 Å². The van der Waals surface area contributed by atoms with E-state index in [1.54, 1.807) is 0 Å². The molecule has 5 heteroatoms. The summed E-state index contributed by atoms with van der Waals surface area (Å²) in [6.45, 7) is 4.67. The maximum atomic E-state index is 11.2. The molecular formula is C7H14ClN3O. The van der Waals surface area contributed by atoms with E-state index < -0.39 is 0 Å². The summed E-state index contributed by atoms with van der Waals surface area (Å²) in [6.07, 6.45) is 0. The summed E-state index contributed by atoms with van der Waals surface area (Å²) in [5, 5.41) is 6.07. The quantitative estimate of drug-likeness (QED) is 0.506. The van der Waals surface area contributed by atoms with Gasteiger partial charge in [0.05, 0.1) is 0 Å². The van der Waals surface area contributed by atoms with Gasteiger partial charge in [-0.25, -0.2) is 0 Å². The number of hydrogen-bond donors (Lipinski definition) is 2. The van der Waals surface area contributed by atoms with Crippen LogP contribution in [0, 0.1) is 0 Å². The Kier molecular flexibility index (Phi) is 3.31. The van der Waals surface area contributed by atoms with Crippen LogP contribution >= 0.6 is 12.4 Å². The number of carbonyl (C=O) groups excluding carboxylic acids is 1. The summed E-state index contributed by atoms with van der Waals surface area (Å²) in [5.74, 6) is 0.184. The molecule has 2 fully saturated rings. The zero-order valence-electron chi connectivity index (χ0n) is 6.88. The fourth-order valence-corrected chi connectivity index (χ4v) is 1.71. The van der Waals surface area contributed by atoms with E-state index in [0.29, 0.717) is 0 Å². The van der Waals surface area contributed by atoms with Crippen molar-refractivity contribution in [2.24, 2.45) is 0 Å². The lowest BCUT2D eigenvalue weighted by atomic mass is 10.1. The van der Waals surface area contributed by atoms with Crippen molar-refractivity contribution >= 4 is 18.3 Å². The fraction of sp³-hybridized carbons (Fsp3) is 0.857. The fourth-order valence-electron chi connectivity index (χ4n) is 1.71.